The van der Waals surface area contributed by atoms with Crippen LogP contribution in [0.3, 0.4) is 0 Å². The summed E-state index contributed by atoms with van der Waals surface area (Å²) in [4.78, 5) is 11.3. The first kappa shape index (κ1) is 18.5. The predicted octanol–water partition coefficient (Wildman–Crippen LogP) is 4.55. The average molecular weight is 362 g/mol. The summed E-state index contributed by atoms with van der Waals surface area (Å²) in [6.07, 6.45) is -5.97. The molecule has 1 N–H and O–H groups in total. The number of carboxylic acid groups (broad SMARTS) is 1. The van der Waals surface area contributed by atoms with E-state index in [0.29, 0.717) is 0 Å². The van der Waals surface area contributed by atoms with Crippen LogP contribution < -0.4 is 0 Å². The Bertz CT molecular complexity index is 655. The summed E-state index contributed by atoms with van der Waals surface area (Å²) in [5.74, 6) is -6.29. The molecule has 1 unspecified atom stereocenters. The number of nitriles is 1. The number of nitrogens with zero attached hydrogens (tertiary/aromatic N) is 1. The van der Waals surface area contributed by atoms with Crippen molar-refractivity contribution in [2.75, 3.05) is 0 Å². The molecule has 3 nitrogen and oxygen atoms in total. The first-order valence-electron chi connectivity index (χ1n) is 5.53. The maximum absolute atomic E-state index is 13.8. The minimum Gasteiger partial charge on any atom is -0.480 e. The van der Waals surface area contributed by atoms with Gasteiger partial charge in [-0.05, 0) is 6.42 Å². The fraction of sp³-hybridized carbons (Fsp3) is 0.333. The maximum Gasteiger partial charge on any atom is 0.422 e. The summed E-state index contributed by atoms with van der Waals surface area (Å²) in [6, 6.07) is 1.29. The van der Waals surface area contributed by atoms with Crippen LogP contribution in [-0.4, -0.2) is 11.1 Å². The monoisotopic (exact) mass is 361 g/mol. The van der Waals surface area contributed by atoms with Crippen LogP contribution in [0.2, 0.25) is 10.0 Å². The molecule has 1 atom stereocenters. The van der Waals surface area contributed by atoms with Crippen LogP contribution in [0.15, 0.2) is 0 Å². The number of aliphatic carboxylic acids is 1. The number of alkyl halides is 3. The molecule has 1 rings (SSSR count). The molecule has 0 spiro atoms. The third kappa shape index (κ3) is 2.59. The van der Waals surface area contributed by atoms with Gasteiger partial charge in [0.05, 0.1) is 16.1 Å². The lowest BCUT2D eigenvalue weighted by Gasteiger charge is -2.25. The van der Waals surface area contributed by atoms with Gasteiger partial charge in [0.1, 0.15) is 5.56 Å². The molecular formula is C12H6Cl2F5NO2. The van der Waals surface area contributed by atoms with Crippen molar-refractivity contribution in [3.63, 3.8) is 0 Å². The highest BCUT2D eigenvalue weighted by atomic mass is 35.5. The van der Waals surface area contributed by atoms with E-state index in [2.05, 4.69) is 0 Å². The molecule has 0 heterocycles. The van der Waals surface area contributed by atoms with Crippen molar-refractivity contribution in [3.8, 4) is 6.07 Å². The number of carbonyl (C=O) groups is 1. The molecule has 0 bridgehead atoms. The standard InChI is InChI=1S/C12H6Cl2F5NO2/c1-2-11(3-20,10(21)22)4-6(13)8(15)5(12(17,18)19)9(16)7(4)14/h2H2,1H3,(H,21,22). The molecule has 1 aromatic carbocycles. The van der Waals surface area contributed by atoms with Crippen molar-refractivity contribution in [3.05, 3.63) is 32.8 Å². The molecule has 0 fully saturated rings. The van der Waals surface area contributed by atoms with Gasteiger partial charge in [-0.15, -0.1) is 0 Å². The molecule has 0 amide bonds. The molecule has 0 aliphatic rings. The Labute approximate surface area is 130 Å². The lowest BCUT2D eigenvalue weighted by atomic mass is 9.79. The van der Waals surface area contributed by atoms with Gasteiger partial charge in [0.25, 0.3) is 0 Å². The van der Waals surface area contributed by atoms with Crippen molar-refractivity contribution >= 4 is 29.2 Å². The summed E-state index contributed by atoms with van der Waals surface area (Å²) in [5, 5.41) is 15.5. The Kier molecular flexibility index (Phi) is 4.94. The topological polar surface area (TPSA) is 61.1 Å². The normalized spacial score (nSPS) is 14.3. The van der Waals surface area contributed by atoms with Crippen LogP contribution >= 0.6 is 23.2 Å². The highest BCUT2D eigenvalue weighted by Gasteiger charge is 2.48. The molecule has 1 aromatic rings. The van der Waals surface area contributed by atoms with Crippen LogP contribution in [0, 0.1) is 23.0 Å². The maximum atomic E-state index is 13.8. The van der Waals surface area contributed by atoms with Gasteiger partial charge >= 0.3 is 12.1 Å². The largest absolute Gasteiger partial charge is 0.480 e. The van der Waals surface area contributed by atoms with E-state index in [1.54, 1.807) is 0 Å². The van der Waals surface area contributed by atoms with Crippen LogP contribution in [0.1, 0.15) is 24.5 Å². The number of rotatable bonds is 3. The lowest BCUT2D eigenvalue weighted by molar-refractivity contribution is -0.142. The number of halogens is 7. The fourth-order valence-electron chi connectivity index (χ4n) is 1.87. The Morgan fingerprint density at radius 1 is 1.18 bits per heavy atom. The van der Waals surface area contributed by atoms with E-state index >= 15 is 0 Å². The second kappa shape index (κ2) is 5.89. The quantitative estimate of drug-likeness (QED) is 0.634. The average Bonchev–Trinajstić information content (AvgIpc) is 2.40. The first-order valence-corrected chi connectivity index (χ1v) is 6.29. The molecule has 120 valence electrons. The Morgan fingerprint density at radius 3 is 1.82 bits per heavy atom. The molecule has 22 heavy (non-hydrogen) atoms. The minimum absolute atomic E-state index is 0.525. The van der Waals surface area contributed by atoms with Crippen LogP contribution in [-0.2, 0) is 16.4 Å². The molecule has 10 heteroatoms. The molecule has 0 aliphatic carbocycles. The van der Waals surface area contributed by atoms with E-state index in [4.69, 9.17) is 33.6 Å². The summed E-state index contributed by atoms with van der Waals surface area (Å²) in [7, 11) is 0. The second-order valence-electron chi connectivity index (χ2n) is 4.18. The SMILES string of the molecule is CCC(C#N)(C(=O)O)c1c(Cl)c(F)c(C(F)(F)F)c(F)c1Cl. The van der Waals surface area contributed by atoms with Gasteiger partial charge < -0.3 is 5.11 Å². The van der Waals surface area contributed by atoms with Gasteiger partial charge in [-0.25, -0.2) is 8.78 Å². The number of benzene rings is 1. The Balaban J connectivity index is 3.97. The van der Waals surface area contributed by atoms with Crippen molar-refractivity contribution in [2.24, 2.45) is 0 Å². The van der Waals surface area contributed by atoms with Crippen molar-refractivity contribution < 1.29 is 31.9 Å². The molecule has 0 radical (unpaired) electrons. The number of hydrogen-bond acceptors (Lipinski definition) is 2. The van der Waals surface area contributed by atoms with Gasteiger partial charge in [0.15, 0.2) is 17.0 Å². The molecule has 0 saturated heterocycles. The molecular weight excluding hydrogens is 356 g/mol. The van der Waals surface area contributed by atoms with Gasteiger partial charge in [-0.2, -0.15) is 18.4 Å². The van der Waals surface area contributed by atoms with Gasteiger partial charge in [0.2, 0.25) is 0 Å². The zero-order chi connectivity index (χ0) is 17.5. The van der Waals surface area contributed by atoms with Crippen molar-refractivity contribution in [2.45, 2.75) is 24.9 Å². The summed E-state index contributed by atoms with van der Waals surface area (Å²) in [6.45, 7) is 1.18. The minimum atomic E-state index is -5.44. The Morgan fingerprint density at radius 2 is 1.59 bits per heavy atom. The van der Waals surface area contributed by atoms with Gasteiger partial charge in [0, 0.05) is 5.56 Å². The molecule has 0 saturated carbocycles. The van der Waals surface area contributed by atoms with E-state index < -0.39 is 56.8 Å². The number of carboxylic acids is 1. The highest BCUT2D eigenvalue weighted by Crippen LogP contribution is 2.46. The van der Waals surface area contributed by atoms with Gasteiger partial charge in [-0.1, -0.05) is 30.1 Å². The van der Waals surface area contributed by atoms with Crippen LogP contribution in [0.4, 0.5) is 22.0 Å². The summed E-state index contributed by atoms with van der Waals surface area (Å²) in [5.41, 5.74) is -5.98. The first-order chi connectivity index (χ1) is 9.95. The smallest absolute Gasteiger partial charge is 0.422 e. The van der Waals surface area contributed by atoms with Crippen LogP contribution in [0.5, 0.6) is 0 Å². The van der Waals surface area contributed by atoms with E-state index in [1.165, 1.54) is 13.0 Å². The summed E-state index contributed by atoms with van der Waals surface area (Å²) >= 11 is 10.9. The predicted molar refractivity (Wildman–Crippen MR) is 66.6 cm³/mol. The van der Waals surface area contributed by atoms with Gasteiger partial charge in [-0.3, -0.25) is 4.79 Å². The Hall–Kier alpha value is -1.59. The van der Waals surface area contributed by atoms with E-state index in [0.717, 1.165) is 0 Å². The van der Waals surface area contributed by atoms with E-state index in [-0.39, 0.29) is 0 Å². The summed E-state index contributed by atoms with van der Waals surface area (Å²) < 4.78 is 65.5. The third-order valence-corrected chi connectivity index (χ3v) is 3.77. The van der Waals surface area contributed by atoms with E-state index in [1.807, 2.05) is 0 Å². The zero-order valence-electron chi connectivity index (χ0n) is 10.7. The van der Waals surface area contributed by atoms with Crippen molar-refractivity contribution in [1.29, 1.82) is 5.26 Å². The zero-order valence-corrected chi connectivity index (χ0v) is 12.2. The number of hydrogen-bond donors (Lipinski definition) is 1. The second-order valence-corrected chi connectivity index (χ2v) is 4.94. The van der Waals surface area contributed by atoms with Crippen LogP contribution in [0.25, 0.3) is 0 Å². The van der Waals surface area contributed by atoms with E-state index in [9.17, 15) is 26.7 Å². The lowest BCUT2D eigenvalue weighted by Crippen LogP contribution is -2.35. The molecule has 0 aromatic heterocycles. The van der Waals surface area contributed by atoms with Crippen molar-refractivity contribution in [1.82, 2.24) is 0 Å². The molecule has 0 aliphatic heterocycles. The highest BCUT2D eigenvalue weighted by molar-refractivity contribution is 6.37. The fourth-order valence-corrected chi connectivity index (χ4v) is 2.62. The third-order valence-electron chi connectivity index (χ3n) is 3.06.